The van der Waals surface area contributed by atoms with Gasteiger partial charge < -0.3 is 0 Å². The molecule has 0 nitrogen and oxygen atoms in total. The third-order valence-electron chi connectivity index (χ3n) is 6.26. The molecular formula is C28H40S3. The molecule has 170 valence electrons. The van der Waals surface area contributed by atoms with Crippen LogP contribution in [0, 0.1) is 5.92 Å². The van der Waals surface area contributed by atoms with E-state index in [-0.39, 0.29) is 0 Å². The molecule has 0 aliphatic carbocycles. The highest BCUT2D eigenvalue weighted by Gasteiger charge is 2.15. The molecule has 0 aromatic carbocycles. The van der Waals surface area contributed by atoms with Gasteiger partial charge in [0.15, 0.2) is 0 Å². The van der Waals surface area contributed by atoms with Gasteiger partial charge in [0.2, 0.25) is 0 Å². The first-order chi connectivity index (χ1) is 15.3. The van der Waals surface area contributed by atoms with Crippen LogP contribution < -0.4 is 0 Å². The third-order valence-corrected chi connectivity index (χ3v) is 9.36. The van der Waals surface area contributed by atoms with Gasteiger partial charge in [0.1, 0.15) is 0 Å². The molecule has 0 fully saturated rings. The maximum Gasteiger partial charge on any atom is 0.0529 e. The van der Waals surface area contributed by atoms with Gasteiger partial charge in [-0.25, -0.2) is 0 Å². The number of thiophene rings is 3. The standard InChI is InChI=1S/C28H40S3/c1-3-5-7-9-10-12-15-23(14-11-8-6-4-2)22-24-17-18-26(31-24)25-19-21-30-28(25)27-16-13-20-29-27/h13,16-21,23H,3-12,14-15,22H2,1-2H3. The average Bonchev–Trinajstić information content (AvgIpc) is 3.54. The molecule has 1 atom stereocenters. The molecule has 3 rings (SSSR count). The maximum atomic E-state index is 2.41. The van der Waals surface area contributed by atoms with Crippen LogP contribution in [0.15, 0.2) is 41.1 Å². The molecule has 0 saturated heterocycles. The Morgan fingerprint density at radius 3 is 2.10 bits per heavy atom. The van der Waals surface area contributed by atoms with Gasteiger partial charge in [-0.15, -0.1) is 34.0 Å². The topological polar surface area (TPSA) is 0 Å². The molecule has 0 N–H and O–H groups in total. The van der Waals surface area contributed by atoms with Gasteiger partial charge >= 0.3 is 0 Å². The number of rotatable bonds is 16. The van der Waals surface area contributed by atoms with E-state index in [0.717, 1.165) is 5.92 Å². The second-order valence-corrected chi connectivity index (χ2v) is 11.9. The number of unbranched alkanes of at least 4 members (excludes halogenated alkanes) is 8. The quantitative estimate of drug-likeness (QED) is 0.182. The van der Waals surface area contributed by atoms with Crippen molar-refractivity contribution >= 4 is 34.0 Å². The van der Waals surface area contributed by atoms with Crippen molar-refractivity contribution in [3.05, 3.63) is 46.0 Å². The SMILES string of the molecule is CCCCCCCCC(CCCCCC)Cc1ccc(-c2ccsc2-c2cccs2)s1. The predicted octanol–water partition coefficient (Wildman–Crippen LogP) is 11.1. The van der Waals surface area contributed by atoms with Gasteiger partial charge in [-0.05, 0) is 47.4 Å². The number of hydrogen-bond acceptors (Lipinski definition) is 3. The maximum absolute atomic E-state index is 2.41. The van der Waals surface area contributed by atoms with Crippen molar-refractivity contribution in [2.75, 3.05) is 0 Å². The van der Waals surface area contributed by atoms with Crippen molar-refractivity contribution in [2.45, 2.75) is 97.3 Å². The lowest BCUT2D eigenvalue weighted by Gasteiger charge is -2.16. The van der Waals surface area contributed by atoms with E-state index >= 15 is 0 Å². The van der Waals surface area contributed by atoms with Crippen molar-refractivity contribution < 1.29 is 0 Å². The monoisotopic (exact) mass is 472 g/mol. The second kappa shape index (κ2) is 14.3. The highest BCUT2D eigenvalue weighted by atomic mass is 32.1. The molecule has 0 aliphatic heterocycles. The van der Waals surface area contributed by atoms with Gasteiger partial charge in [-0.3, -0.25) is 0 Å². The number of hydrogen-bond donors (Lipinski definition) is 0. The molecule has 0 spiro atoms. The molecule has 0 aliphatic rings. The summed E-state index contributed by atoms with van der Waals surface area (Å²) in [7, 11) is 0. The summed E-state index contributed by atoms with van der Waals surface area (Å²) < 4.78 is 0. The Morgan fingerprint density at radius 1 is 0.677 bits per heavy atom. The van der Waals surface area contributed by atoms with Crippen molar-refractivity contribution in [1.29, 1.82) is 0 Å². The van der Waals surface area contributed by atoms with Crippen LogP contribution in [-0.4, -0.2) is 0 Å². The molecule has 3 heteroatoms. The van der Waals surface area contributed by atoms with Crippen LogP contribution in [0.2, 0.25) is 0 Å². The van der Waals surface area contributed by atoms with Gasteiger partial charge in [-0.2, -0.15) is 0 Å². The Morgan fingerprint density at radius 2 is 1.39 bits per heavy atom. The van der Waals surface area contributed by atoms with Crippen molar-refractivity contribution in [3.8, 4) is 20.2 Å². The lowest BCUT2D eigenvalue weighted by Crippen LogP contribution is -2.04. The Labute approximate surface area is 202 Å². The summed E-state index contributed by atoms with van der Waals surface area (Å²) in [6, 6.07) is 11.5. The molecule has 3 aromatic heterocycles. The fourth-order valence-electron chi connectivity index (χ4n) is 4.44. The summed E-state index contributed by atoms with van der Waals surface area (Å²) in [6.07, 6.45) is 18.2. The minimum absolute atomic E-state index is 0.869. The van der Waals surface area contributed by atoms with Crippen LogP contribution in [0.5, 0.6) is 0 Å². The van der Waals surface area contributed by atoms with Gasteiger partial charge in [-0.1, -0.05) is 97.0 Å². The van der Waals surface area contributed by atoms with E-state index < -0.39 is 0 Å². The van der Waals surface area contributed by atoms with E-state index in [1.165, 1.54) is 104 Å². The second-order valence-electron chi connectivity index (χ2n) is 8.88. The Hall–Kier alpha value is -0.900. The Kier molecular flexibility index (Phi) is 11.4. The summed E-state index contributed by atoms with van der Waals surface area (Å²) in [6.45, 7) is 4.62. The first-order valence-corrected chi connectivity index (χ1v) is 15.1. The fraction of sp³-hybridized carbons (Fsp3) is 0.571. The zero-order chi connectivity index (χ0) is 21.7. The van der Waals surface area contributed by atoms with E-state index in [9.17, 15) is 0 Å². The normalized spacial score (nSPS) is 12.5. The molecule has 0 radical (unpaired) electrons. The van der Waals surface area contributed by atoms with E-state index in [1.807, 2.05) is 34.0 Å². The molecule has 0 bridgehead atoms. The van der Waals surface area contributed by atoms with Gasteiger partial charge in [0.25, 0.3) is 0 Å². The van der Waals surface area contributed by atoms with Gasteiger partial charge in [0.05, 0.1) is 4.88 Å². The van der Waals surface area contributed by atoms with Crippen LogP contribution >= 0.6 is 34.0 Å². The van der Waals surface area contributed by atoms with Crippen molar-refractivity contribution in [2.24, 2.45) is 5.92 Å². The van der Waals surface area contributed by atoms with Crippen LogP contribution in [0.1, 0.15) is 95.8 Å². The molecule has 1 unspecified atom stereocenters. The summed E-state index contributed by atoms with van der Waals surface area (Å²) in [5.41, 5.74) is 1.43. The highest BCUT2D eigenvalue weighted by molar-refractivity contribution is 7.21. The highest BCUT2D eigenvalue weighted by Crippen LogP contribution is 2.42. The van der Waals surface area contributed by atoms with Crippen LogP contribution in [0.4, 0.5) is 0 Å². The molecule has 3 heterocycles. The summed E-state index contributed by atoms with van der Waals surface area (Å²) in [4.78, 5) is 5.87. The van der Waals surface area contributed by atoms with Crippen molar-refractivity contribution in [1.82, 2.24) is 0 Å². The van der Waals surface area contributed by atoms with E-state index in [2.05, 4.69) is 54.9 Å². The lowest BCUT2D eigenvalue weighted by atomic mass is 9.91. The van der Waals surface area contributed by atoms with Crippen LogP contribution in [-0.2, 0) is 6.42 Å². The summed E-state index contributed by atoms with van der Waals surface area (Å²) >= 11 is 5.76. The molecule has 0 amide bonds. The fourth-order valence-corrected chi connectivity index (χ4v) is 7.45. The van der Waals surface area contributed by atoms with Crippen LogP contribution in [0.3, 0.4) is 0 Å². The van der Waals surface area contributed by atoms with E-state index in [1.54, 1.807) is 4.88 Å². The van der Waals surface area contributed by atoms with Crippen molar-refractivity contribution in [3.63, 3.8) is 0 Å². The Balaban J connectivity index is 1.57. The van der Waals surface area contributed by atoms with E-state index in [4.69, 9.17) is 0 Å². The van der Waals surface area contributed by atoms with Gasteiger partial charge in [0, 0.05) is 20.2 Å². The Bertz CT molecular complexity index is 824. The lowest BCUT2D eigenvalue weighted by molar-refractivity contribution is 0.404. The zero-order valence-electron chi connectivity index (χ0n) is 19.5. The molecular weight excluding hydrogens is 433 g/mol. The first kappa shape index (κ1) is 24.7. The van der Waals surface area contributed by atoms with Crippen LogP contribution in [0.25, 0.3) is 20.2 Å². The minimum Gasteiger partial charge on any atom is -0.143 e. The predicted molar refractivity (Wildman–Crippen MR) is 145 cm³/mol. The molecule has 0 saturated carbocycles. The summed E-state index contributed by atoms with van der Waals surface area (Å²) in [5.74, 6) is 0.869. The minimum atomic E-state index is 0.869. The molecule has 3 aromatic rings. The smallest absolute Gasteiger partial charge is 0.0529 e. The zero-order valence-corrected chi connectivity index (χ0v) is 22.0. The third kappa shape index (κ3) is 8.18. The largest absolute Gasteiger partial charge is 0.143 e. The first-order valence-electron chi connectivity index (χ1n) is 12.5. The van der Waals surface area contributed by atoms with E-state index in [0.29, 0.717) is 0 Å². The molecule has 31 heavy (non-hydrogen) atoms. The summed E-state index contributed by atoms with van der Waals surface area (Å²) in [5, 5.41) is 4.43. The average molecular weight is 473 g/mol.